The Balaban J connectivity index is 1.73. The fourth-order valence-electron chi connectivity index (χ4n) is 4.24. The molecule has 1 aromatic carbocycles. The van der Waals surface area contributed by atoms with Gasteiger partial charge in [0.15, 0.2) is 4.77 Å². The Hall–Kier alpha value is -1.60. The number of hydrogen-bond acceptors (Lipinski definition) is 2. The van der Waals surface area contributed by atoms with Crippen LogP contribution >= 0.6 is 12.2 Å². The van der Waals surface area contributed by atoms with Crippen molar-refractivity contribution in [1.29, 1.82) is 5.26 Å². The lowest BCUT2D eigenvalue weighted by atomic mass is 9.89. The molecule has 2 aliphatic rings. The molecule has 2 fully saturated rings. The Bertz CT molecular complexity index is 764. The van der Waals surface area contributed by atoms with Crippen LogP contribution < -0.4 is 0 Å². The summed E-state index contributed by atoms with van der Waals surface area (Å²) in [5.74, 6) is 2.62. The van der Waals surface area contributed by atoms with Gasteiger partial charge in [0.2, 0.25) is 0 Å². The van der Waals surface area contributed by atoms with Gasteiger partial charge in [0.1, 0.15) is 0 Å². The highest BCUT2D eigenvalue weighted by molar-refractivity contribution is 7.71. The quantitative estimate of drug-likeness (QED) is 0.846. The van der Waals surface area contributed by atoms with Gasteiger partial charge in [0, 0.05) is 6.54 Å². The minimum absolute atomic E-state index is 0.702. The highest BCUT2D eigenvalue weighted by Crippen LogP contribution is 2.49. The van der Waals surface area contributed by atoms with Gasteiger partial charge in [-0.15, -0.1) is 0 Å². The van der Waals surface area contributed by atoms with Crippen LogP contribution in [0.5, 0.6) is 0 Å². The van der Waals surface area contributed by atoms with Gasteiger partial charge in [-0.05, 0) is 67.4 Å². The van der Waals surface area contributed by atoms with Crippen molar-refractivity contribution in [2.24, 2.45) is 17.8 Å². The minimum atomic E-state index is 0.702. The first kappa shape index (κ1) is 12.2. The lowest BCUT2D eigenvalue weighted by Gasteiger charge is -2.22. The SMILES string of the molecule is N#Cc1ccc2[nH]c(=S)n(CC3CC4CCC3C4)c2c1. The molecule has 0 saturated heterocycles. The van der Waals surface area contributed by atoms with Gasteiger partial charge in [-0.2, -0.15) is 5.26 Å². The average Bonchev–Trinajstić information content (AvgIpc) is 3.14. The molecule has 4 rings (SSSR count). The standard InChI is InChI=1S/C16H17N3S/c17-8-11-2-4-14-15(7-11)19(16(20)18-14)9-13-6-10-1-3-12(13)5-10/h2,4,7,10,12-13H,1,3,5-6,9H2,(H,18,20). The van der Waals surface area contributed by atoms with E-state index in [0.29, 0.717) is 5.56 Å². The first-order valence-electron chi connectivity index (χ1n) is 7.37. The van der Waals surface area contributed by atoms with E-state index in [-0.39, 0.29) is 0 Å². The number of H-pyrrole nitrogens is 1. The predicted molar refractivity (Wildman–Crippen MR) is 80.8 cm³/mol. The monoisotopic (exact) mass is 283 g/mol. The van der Waals surface area contributed by atoms with E-state index >= 15 is 0 Å². The Morgan fingerprint density at radius 2 is 2.25 bits per heavy atom. The van der Waals surface area contributed by atoms with Gasteiger partial charge < -0.3 is 9.55 Å². The number of nitriles is 1. The molecule has 1 aromatic heterocycles. The van der Waals surface area contributed by atoms with E-state index in [1.54, 1.807) is 0 Å². The van der Waals surface area contributed by atoms with E-state index in [1.807, 2.05) is 18.2 Å². The summed E-state index contributed by atoms with van der Waals surface area (Å²) < 4.78 is 2.99. The van der Waals surface area contributed by atoms with Crippen LogP contribution in [-0.4, -0.2) is 9.55 Å². The zero-order chi connectivity index (χ0) is 13.7. The second-order valence-electron chi connectivity index (χ2n) is 6.32. The molecule has 102 valence electrons. The fraction of sp³-hybridized carbons (Fsp3) is 0.500. The second-order valence-corrected chi connectivity index (χ2v) is 6.71. The van der Waals surface area contributed by atoms with Crippen molar-refractivity contribution >= 4 is 23.3 Å². The number of imidazole rings is 1. The zero-order valence-electron chi connectivity index (χ0n) is 11.3. The van der Waals surface area contributed by atoms with Crippen LogP contribution in [0.15, 0.2) is 18.2 Å². The van der Waals surface area contributed by atoms with Crippen molar-refractivity contribution < 1.29 is 0 Å². The third kappa shape index (κ3) is 1.81. The maximum atomic E-state index is 9.07. The van der Waals surface area contributed by atoms with Crippen LogP contribution in [0.1, 0.15) is 31.2 Å². The summed E-state index contributed by atoms with van der Waals surface area (Å²) in [6.45, 7) is 1.01. The first-order chi connectivity index (χ1) is 9.74. The molecular weight excluding hydrogens is 266 g/mol. The van der Waals surface area contributed by atoms with Gasteiger partial charge in [-0.25, -0.2) is 0 Å². The van der Waals surface area contributed by atoms with E-state index in [2.05, 4.69) is 15.6 Å². The van der Waals surface area contributed by atoms with E-state index in [9.17, 15) is 0 Å². The van der Waals surface area contributed by atoms with Crippen LogP contribution in [0.4, 0.5) is 0 Å². The molecule has 2 aromatic rings. The second kappa shape index (κ2) is 4.46. The summed E-state index contributed by atoms with van der Waals surface area (Å²) in [6.07, 6.45) is 5.61. The van der Waals surface area contributed by atoms with Gasteiger partial charge >= 0.3 is 0 Å². The number of benzene rings is 1. The third-order valence-electron chi connectivity index (χ3n) is 5.21. The molecule has 3 atom stereocenters. The van der Waals surface area contributed by atoms with Gasteiger partial charge in [0.25, 0.3) is 0 Å². The largest absolute Gasteiger partial charge is 0.331 e. The predicted octanol–water partition coefficient (Wildman–Crippen LogP) is 4.01. The Morgan fingerprint density at radius 1 is 1.35 bits per heavy atom. The Kier molecular flexibility index (Phi) is 2.71. The first-order valence-corrected chi connectivity index (χ1v) is 7.78. The van der Waals surface area contributed by atoms with Gasteiger partial charge in [-0.3, -0.25) is 0 Å². The molecular formula is C16H17N3S. The van der Waals surface area contributed by atoms with Crippen LogP contribution in [0, 0.1) is 33.9 Å². The van der Waals surface area contributed by atoms with Gasteiger partial charge in [0.05, 0.1) is 22.7 Å². The van der Waals surface area contributed by atoms with Gasteiger partial charge in [-0.1, -0.05) is 6.42 Å². The van der Waals surface area contributed by atoms with E-state index in [4.69, 9.17) is 17.5 Å². The smallest absolute Gasteiger partial charge is 0.178 e. The summed E-state index contributed by atoms with van der Waals surface area (Å²) in [5.41, 5.74) is 2.82. The highest BCUT2D eigenvalue weighted by Gasteiger charge is 2.39. The van der Waals surface area contributed by atoms with Crippen LogP contribution in [0.25, 0.3) is 11.0 Å². The van der Waals surface area contributed by atoms with Crippen molar-refractivity contribution in [3.63, 3.8) is 0 Å². The number of aromatic amines is 1. The van der Waals surface area contributed by atoms with Crippen LogP contribution in [0.3, 0.4) is 0 Å². The lowest BCUT2D eigenvalue weighted by molar-refractivity contribution is 0.297. The van der Waals surface area contributed by atoms with Crippen molar-refractivity contribution in [2.75, 3.05) is 0 Å². The summed E-state index contributed by atoms with van der Waals surface area (Å²) in [7, 11) is 0. The average molecular weight is 283 g/mol. The highest BCUT2D eigenvalue weighted by atomic mass is 32.1. The molecule has 0 spiro atoms. The Labute approximate surface area is 123 Å². The Morgan fingerprint density at radius 3 is 2.95 bits per heavy atom. The summed E-state index contributed by atoms with van der Waals surface area (Å²) in [4.78, 5) is 3.26. The number of hydrogen-bond donors (Lipinski definition) is 1. The maximum absolute atomic E-state index is 9.07. The molecule has 2 aliphatic carbocycles. The maximum Gasteiger partial charge on any atom is 0.178 e. The number of nitrogens with zero attached hydrogens (tertiary/aromatic N) is 2. The molecule has 0 radical (unpaired) electrons. The van der Waals surface area contributed by atoms with Crippen molar-refractivity contribution in [1.82, 2.24) is 9.55 Å². The molecule has 3 unspecified atom stereocenters. The van der Waals surface area contributed by atoms with Crippen molar-refractivity contribution in [2.45, 2.75) is 32.2 Å². The fourth-order valence-corrected chi connectivity index (χ4v) is 4.52. The molecule has 0 aliphatic heterocycles. The lowest BCUT2D eigenvalue weighted by Crippen LogP contribution is -2.17. The molecule has 4 heteroatoms. The summed E-state index contributed by atoms with van der Waals surface area (Å²) in [6, 6.07) is 7.97. The molecule has 0 amide bonds. The molecule has 2 saturated carbocycles. The topological polar surface area (TPSA) is 44.5 Å². The molecule has 2 bridgehead atoms. The van der Waals surface area contributed by atoms with E-state index in [1.165, 1.54) is 25.7 Å². The van der Waals surface area contributed by atoms with Crippen molar-refractivity contribution in [3.8, 4) is 6.07 Å². The summed E-state index contributed by atoms with van der Waals surface area (Å²) in [5, 5.41) is 9.07. The normalized spacial score (nSPS) is 28.1. The minimum Gasteiger partial charge on any atom is -0.331 e. The van der Waals surface area contributed by atoms with E-state index < -0.39 is 0 Å². The number of aromatic nitrogens is 2. The zero-order valence-corrected chi connectivity index (χ0v) is 12.1. The summed E-state index contributed by atoms with van der Waals surface area (Å²) >= 11 is 5.48. The molecule has 1 N–H and O–H groups in total. The van der Waals surface area contributed by atoms with Crippen molar-refractivity contribution in [3.05, 3.63) is 28.5 Å². The molecule has 1 heterocycles. The molecule has 20 heavy (non-hydrogen) atoms. The van der Waals surface area contributed by atoms with Crippen LogP contribution in [0.2, 0.25) is 0 Å². The third-order valence-corrected chi connectivity index (χ3v) is 5.53. The molecule has 3 nitrogen and oxygen atoms in total. The van der Waals surface area contributed by atoms with E-state index in [0.717, 1.165) is 40.1 Å². The number of nitrogens with one attached hydrogen (secondary N) is 1. The number of fused-ring (bicyclic) bond motifs is 3. The van der Waals surface area contributed by atoms with Crippen LogP contribution in [-0.2, 0) is 6.54 Å². The number of rotatable bonds is 2.